The molecule has 0 spiro atoms. The summed E-state index contributed by atoms with van der Waals surface area (Å²) < 4.78 is 5.45. The first-order valence-corrected chi connectivity index (χ1v) is 10.7. The van der Waals surface area contributed by atoms with Crippen LogP contribution in [0, 0.1) is 0 Å². The summed E-state index contributed by atoms with van der Waals surface area (Å²) in [6, 6.07) is 12.0. The van der Waals surface area contributed by atoms with E-state index in [0.29, 0.717) is 6.54 Å². The normalized spacial score (nSPS) is 14.3. The van der Waals surface area contributed by atoms with Crippen LogP contribution >= 0.6 is 47.3 Å². The Balaban J connectivity index is 0.00000300. The molecule has 2 heterocycles. The third kappa shape index (κ3) is 7.84. The number of rotatable bonds is 7. The second kappa shape index (κ2) is 13.1. The summed E-state index contributed by atoms with van der Waals surface area (Å²) in [7, 11) is 1.79. The molecular formula is C20H27ClIN5OS. The number of aliphatic imine (C=N–C) groups is 1. The predicted molar refractivity (Wildman–Crippen MR) is 133 cm³/mol. The van der Waals surface area contributed by atoms with Gasteiger partial charge in [0.05, 0.1) is 13.2 Å². The van der Waals surface area contributed by atoms with E-state index in [4.69, 9.17) is 16.3 Å². The zero-order valence-electron chi connectivity index (χ0n) is 16.4. The number of thioether (sulfide) groups is 1. The fraction of sp³-hybridized carbons (Fsp3) is 0.400. The van der Waals surface area contributed by atoms with Crippen molar-refractivity contribution in [3.05, 3.63) is 53.2 Å². The molecule has 0 unspecified atom stereocenters. The minimum atomic E-state index is 0. The third-order valence-electron chi connectivity index (χ3n) is 4.32. The van der Waals surface area contributed by atoms with Gasteiger partial charge in [0.2, 0.25) is 0 Å². The maximum atomic E-state index is 5.92. The summed E-state index contributed by atoms with van der Waals surface area (Å²) in [5.41, 5.74) is 1.16. The summed E-state index contributed by atoms with van der Waals surface area (Å²) >= 11 is 7.70. The Morgan fingerprint density at radius 2 is 1.97 bits per heavy atom. The molecule has 0 bridgehead atoms. The Kier molecular flexibility index (Phi) is 10.9. The molecular weight excluding hydrogens is 521 g/mol. The maximum Gasteiger partial charge on any atom is 0.191 e. The lowest BCUT2D eigenvalue weighted by molar-refractivity contribution is 0.122. The van der Waals surface area contributed by atoms with E-state index in [1.54, 1.807) is 18.8 Å². The average Bonchev–Trinajstić information content (AvgIpc) is 2.75. The minimum Gasteiger partial charge on any atom is -0.378 e. The molecule has 0 aliphatic carbocycles. The predicted octanol–water partition coefficient (Wildman–Crippen LogP) is 3.65. The van der Waals surface area contributed by atoms with Crippen molar-refractivity contribution in [2.45, 2.75) is 11.4 Å². The third-order valence-corrected chi connectivity index (χ3v) is 5.59. The molecule has 3 rings (SSSR count). The fourth-order valence-electron chi connectivity index (χ4n) is 2.90. The van der Waals surface area contributed by atoms with Crippen LogP contribution in [0.1, 0.15) is 5.56 Å². The number of ether oxygens (including phenoxy) is 1. The van der Waals surface area contributed by atoms with Crippen molar-refractivity contribution in [3.63, 3.8) is 0 Å². The molecule has 9 heteroatoms. The summed E-state index contributed by atoms with van der Waals surface area (Å²) in [5, 5.41) is 7.51. The van der Waals surface area contributed by atoms with E-state index < -0.39 is 0 Å². The van der Waals surface area contributed by atoms with E-state index in [2.05, 4.69) is 31.6 Å². The van der Waals surface area contributed by atoms with Gasteiger partial charge < -0.3 is 20.3 Å². The van der Waals surface area contributed by atoms with Crippen LogP contribution in [-0.2, 0) is 11.3 Å². The second-order valence-corrected chi connectivity index (χ2v) is 7.85. The standard InChI is InChI=1S/C20H26ClN5OS.HI/c1-22-20(24-9-14-28-18-6-4-17(21)5-7-18)25-15-16-3-2-8-23-19(16)26-10-12-27-13-11-26;/h2-8H,9-15H2,1H3,(H2,22,24,25);1H. The van der Waals surface area contributed by atoms with E-state index >= 15 is 0 Å². The van der Waals surface area contributed by atoms with Gasteiger partial charge in [-0.25, -0.2) is 4.98 Å². The van der Waals surface area contributed by atoms with Crippen molar-refractivity contribution >= 4 is 59.1 Å². The van der Waals surface area contributed by atoms with Gasteiger partial charge in [-0.1, -0.05) is 17.7 Å². The van der Waals surface area contributed by atoms with E-state index in [9.17, 15) is 0 Å². The SMILES string of the molecule is CN=C(NCCSc1ccc(Cl)cc1)NCc1cccnc1N1CCOCC1.I. The Bertz CT molecular complexity index is 772. The largest absolute Gasteiger partial charge is 0.378 e. The Morgan fingerprint density at radius 3 is 2.69 bits per heavy atom. The van der Waals surface area contributed by atoms with Gasteiger partial charge in [-0.15, -0.1) is 35.7 Å². The Morgan fingerprint density at radius 1 is 1.21 bits per heavy atom. The van der Waals surface area contributed by atoms with E-state index in [1.165, 1.54) is 4.90 Å². The number of anilines is 1. The first-order chi connectivity index (χ1) is 13.8. The van der Waals surface area contributed by atoms with Crippen molar-refractivity contribution in [3.8, 4) is 0 Å². The number of morpholine rings is 1. The number of benzene rings is 1. The molecule has 0 radical (unpaired) electrons. The van der Waals surface area contributed by atoms with Crippen LogP contribution in [0.15, 0.2) is 52.5 Å². The van der Waals surface area contributed by atoms with Crippen LogP contribution in [0.2, 0.25) is 5.02 Å². The number of hydrogen-bond donors (Lipinski definition) is 2. The number of halogens is 2. The van der Waals surface area contributed by atoms with Gasteiger partial charge in [0.25, 0.3) is 0 Å². The molecule has 1 aromatic heterocycles. The van der Waals surface area contributed by atoms with Crippen molar-refractivity contribution in [2.24, 2.45) is 4.99 Å². The first kappa shape index (κ1) is 24.0. The van der Waals surface area contributed by atoms with Crippen LogP contribution in [0.25, 0.3) is 0 Å². The molecule has 1 saturated heterocycles. The van der Waals surface area contributed by atoms with Crippen molar-refractivity contribution in [1.29, 1.82) is 0 Å². The topological polar surface area (TPSA) is 61.8 Å². The molecule has 0 amide bonds. The molecule has 1 fully saturated rings. The van der Waals surface area contributed by atoms with Gasteiger partial charge in [-0.2, -0.15) is 0 Å². The molecule has 6 nitrogen and oxygen atoms in total. The summed E-state index contributed by atoms with van der Waals surface area (Å²) in [6.07, 6.45) is 1.84. The van der Waals surface area contributed by atoms with Gasteiger partial charge >= 0.3 is 0 Å². The van der Waals surface area contributed by atoms with Crippen LogP contribution in [-0.4, -0.2) is 56.6 Å². The smallest absolute Gasteiger partial charge is 0.191 e. The van der Waals surface area contributed by atoms with Gasteiger partial charge in [0.1, 0.15) is 5.82 Å². The monoisotopic (exact) mass is 547 g/mol. The van der Waals surface area contributed by atoms with Crippen molar-refractivity contribution in [1.82, 2.24) is 15.6 Å². The molecule has 158 valence electrons. The Hall–Kier alpha value is -1.23. The zero-order valence-corrected chi connectivity index (χ0v) is 20.3. The number of nitrogens with one attached hydrogen (secondary N) is 2. The summed E-state index contributed by atoms with van der Waals surface area (Å²) in [5.74, 6) is 2.74. The quantitative estimate of drug-likeness (QED) is 0.181. The van der Waals surface area contributed by atoms with Crippen molar-refractivity contribution in [2.75, 3.05) is 50.5 Å². The Labute approximate surface area is 198 Å². The molecule has 2 aromatic rings. The van der Waals surface area contributed by atoms with Gasteiger partial charge in [0, 0.05) is 60.7 Å². The molecule has 1 aliphatic rings. The first-order valence-electron chi connectivity index (χ1n) is 9.36. The number of guanidine groups is 1. The molecule has 29 heavy (non-hydrogen) atoms. The highest BCUT2D eigenvalue weighted by atomic mass is 127. The van der Waals surface area contributed by atoms with Crippen LogP contribution in [0.3, 0.4) is 0 Å². The lowest BCUT2D eigenvalue weighted by atomic mass is 10.2. The van der Waals surface area contributed by atoms with E-state index in [0.717, 1.165) is 61.0 Å². The summed E-state index contributed by atoms with van der Waals surface area (Å²) in [4.78, 5) is 12.4. The lowest BCUT2D eigenvalue weighted by Crippen LogP contribution is -2.40. The number of pyridine rings is 1. The number of aromatic nitrogens is 1. The highest BCUT2D eigenvalue weighted by molar-refractivity contribution is 14.0. The van der Waals surface area contributed by atoms with Crippen LogP contribution in [0.4, 0.5) is 5.82 Å². The minimum absolute atomic E-state index is 0. The second-order valence-electron chi connectivity index (χ2n) is 6.24. The summed E-state index contributed by atoms with van der Waals surface area (Å²) in [6.45, 7) is 4.73. The van der Waals surface area contributed by atoms with Gasteiger partial charge in [0.15, 0.2) is 5.96 Å². The number of nitrogens with zero attached hydrogens (tertiary/aromatic N) is 3. The zero-order chi connectivity index (χ0) is 19.6. The van der Waals surface area contributed by atoms with E-state index in [1.807, 2.05) is 36.5 Å². The highest BCUT2D eigenvalue weighted by Crippen LogP contribution is 2.20. The van der Waals surface area contributed by atoms with Crippen molar-refractivity contribution < 1.29 is 4.74 Å². The molecule has 1 aromatic carbocycles. The molecule has 1 aliphatic heterocycles. The molecule has 0 atom stereocenters. The maximum absolute atomic E-state index is 5.92. The lowest BCUT2D eigenvalue weighted by Gasteiger charge is -2.29. The van der Waals surface area contributed by atoms with E-state index in [-0.39, 0.29) is 24.0 Å². The number of hydrogen-bond acceptors (Lipinski definition) is 5. The molecule has 2 N–H and O–H groups in total. The van der Waals surface area contributed by atoms with Gasteiger partial charge in [-0.3, -0.25) is 4.99 Å². The van der Waals surface area contributed by atoms with Gasteiger partial charge in [-0.05, 0) is 30.3 Å². The van der Waals surface area contributed by atoms with Crippen LogP contribution in [0.5, 0.6) is 0 Å². The van der Waals surface area contributed by atoms with Crippen LogP contribution < -0.4 is 15.5 Å². The highest BCUT2D eigenvalue weighted by Gasteiger charge is 2.15. The molecule has 0 saturated carbocycles. The average molecular weight is 548 g/mol. The fourth-order valence-corrected chi connectivity index (χ4v) is 3.79.